The molecule has 0 aliphatic carbocycles. The van der Waals surface area contributed by atoms with Crippen LogP contribution in [0.5, 0.6) is 5.75 Å². The molecule has 0 heterocycles. The fraction of sp³-hybridized carbons (Fsp3) is 0. The van der Waals surface area contributed by atoms with Crippen LogP contribution in [0.1, 0.15) is 0 Å². The first-order chi connectivity index (χ1) is 9.99. The molecular weight excluding hydrogens is 300 g/mol. The lowest BCUT2D eigenvalue weighted by molar-refractivity contribution is -0.396. The van der Waals surface area contributed by atoms with Crippen LogP contribution in [0.2, 0.25) is 0 Å². The Kier molecular flexibility index (Phi) is 4.24. The number of hydrogen-bond donors (Lipinski definition) is 0. The minimum absolute atomic E-state index is 0.241. The monoisotopic (exact) mass is 308 g/mol. The number of non-ortho nitro benzene ring substituents is 1. The summed E-state index contributed by atoms with van der Waals surface area (Å²) >= 11 is -2.15. The fourth-order valence-electron chi connectivity index (χ4n) is 1.51. The minimum Gasteiger partial charge on any atom is -0.397 e. The first-order valence-electron chi connectivity index (χ1n) is 5.57. The Morgan fingerprint density at radius 1 is 0.952 bits per heavy atom. The van der Waals surface area contributed by atoms with Gasteiger partial charge in [-0.2, -0.15) is 0 Å². The van der Waals surface area contributed by atoms with Gasteiger partial charge in [0.2, 0.25) is 11.1 Å². The number of nitrogens with zero attached hydrogens (tertiary/aromatic N) is 2. The molecule has 2 aromatic carbocycles. The SMILES string of the molecule is O=[N+]([O-])c1ccc(S(=O)Oc2ccccc2)c([N+](=O)[O-])c1. The predicted molar refractivity (Wildman–Crippen MR) is 73.2 cm³/mol. The molecule has 0 amide bonds. The van der Waals surface area contributed by atoms with Gasteiger partial charge >= 0.3 is 0 Å². The van der Waals surface area contributed by atoms with Crippen LogP contribution >= 0.6 is 0 Å². The molecule has 108 valence electrons. The topological polar surface area (TPSA) is 113 Å². The van der Waals surface area contributed by atoms with E-state index in [1.807, 2.05) is 0 Å². The second-order valence-corrected chi connectivity index (χ2v) is 4.87. The lowest BCUT2D eigenvalue weighted by Gasteiger charge is -2.05. The molecule has 0 aliphatic heterocycles. The maximum absolute atomic E-state index is 12.0. The van der Waals surface area contributed by atoms with Crippen molar-refractivity contribution in [1.82, 2.24) is 0 Å². The molecule has 0 N–H and O–H groups in total. The molecule has 2 aromatic rings. The highest BCUT2D eigenvalue weighted by molar-refractivity contribution is 7.80. The fourth-order valence-corrected chi connectivity index (χ4v) is 2.37. The summed E-state index contributed by atoms with van der Waals surface area (Å²) in [6, 6.07) is 10.9. The van der Waals surface area contributed by atoms with Crippen molar-refractivity contribution in [2.45, 2.75) is 4.90 Å². The number of hydrogen-bond acceptors (Lipinski definition) is 6. The number of para-hydroxylation sites is 1. The van der Waals surface area contributed by atoms with E-state index in [1.165, 1.54) is 12.1 Å². The van der Waals surface area contributed by atoms with Crippen molar-refractivity contribution >= 4 is 22.5 Å². The van der Waals surface area contributed by atoms with Gasteiger partial charge in [-0.25, -0.2) is 4.21 Å². The summed E-state index contributed by atoms with van der Waals surface area (Å²) in [4.78, 5) is 19.7. The molecular formula is C12H8N2O6S. The number of rotatable bonds is 5. The molecule has 21 heavy (non-hydrogen) atoms. The van der Waals surface area contributed by atoms with Crippen LogP contribution in [-0.2, 0) is 11.1 Å². The van der Waals surface area contributed by atoms with E-state index in [-0.39, 0.29) is 10.6 Å². The summed E-state index contributed by atoms with van der Waals surface area (Å²) in [5.41, 5.74) is -1.08. The van der Waals surface area contributed by atoms with Crippen LogP contribution in [0.15, 0.2) is 53.4 Å². The van der Waals surface area contributed by atoms with Crippen molar-refractivity contribution < 1.29 is 18.2 Å². The van der Waals surface area contributed by atoms with Crippen LogP contribution in [0.3, 0.4) is 0 Å². The molecule has 0 aromatic heterocycles. The van der Waals surface area contributed by atoms with Crippen molar-refractivity contribution in [1.29, 1.82) is 0 Å². The third kappa shape index (κ3) is 3.39. The van der Waals surface area contributed by atoms with E-state index >= 15 is 0 Å². The van der Waals surface area contributed by atoms with E-state index in [9.17, 15) is 24.4 Å². The molecule has 1 atom stereocenters. The van der Waals surface area contributed by atoms with E-state index in [2.05, 4.69) is 0 Å². The lowest BCUT2D eigenvalue weighted by atomic mass is 10.3. The van der Waals surface area contributed by atoms with E-state index in [4.69, 9.17) is 4.18 Å². The molecule has 0 spiro atoms. The Bertz CT molecular complexity index is 719. The summed E-state index contributed by atoms with van der Waals surface area (Å²) in [5.74, 6) is 0.267. The number of nitro groups is 2. The van der Waals surface area contributed by atoms with Crippen molar-refractivity contribution in [2.24, 2.45) is 0 Å². The van der Waals surface area contributed by atoms with Gasteiger partial charge in [-0.1, -0.05) is 18.2 Å². The maximum atomic E-state index is 12.0. The number of benzene rings is 2. The summed E-state index contributed by atoms with van der Waals surface area (Å²) in [7, 11) is 0. The van der Waals surface area contributed by atoms with Gasteiger partial charge in [-0.15, -0.1) is 0 Å². The van der Waals surface area contributed by atoms with Crippen molar-refractivity contribution in [3.05, 3.63) is 68.8 Å². The molecule has 2 rings (SSSR count). The zero-order chi connectivity index (χ0) is 15.4. The zero-order valence-electron chi connectivity index (χ0n) is 10.4. The molecule has 0 fully saturated rings. The molecule has 0 saturated carbocycles. The molecule has 9 heteroatoms. The Morgan fingerprint density at radius 2 is 1.62 bits per heavy atom. The van der Waals surface area contributed by atoms with E-state index in [0.29, 0.717) is 0 Å². The quantitative estimate of drug-likeness (QED) is 0.619. The van der Waals surface area contributed by atoms with Gasteiger partial charge in [0.25, 0.3) is 11.4 Å². The first-order valence-corrected chi connectivity index (χ1v) is 6.64. The molecule has 0 bridgehead atoms. The molecule has 8 nitrogen and oxygen atoms in total. The predicted octanol–water partition coefficient (Wildman–Crippen LogP) is 2.60. The maximum Gasteiger partial charge on any atom is 0.295 e. The number of nitro benzene ring substituents is 2. The summed E-state index contributed by atoms with van der Waals surface area (Å²) in [5, 5.41) is 21.6. The summed E-state index contributed by atoms with van der Waals surface area (Å²) < 4.78 is 17.1. The van der Waals surface area contributed by atoms with Gasteiger partial charge in [-0.3, -0.25) is 20.2 Å². The highest BCUT2D eigenvalue weighted by Crippen LogP contribution is 2.28. The average molecular weight is 308 g/mol. The Labute approximate surface area is 120 Å². The third-order valence-corrected chi connectivity index (χ3v) is 3.49. The van der Waals surface area contributed by atoms with Gasteiger partial charge in [0.15, 0.2) is 4.90 Å². The third-order valence-electron chi connectivity index (χ3n) is 2.44. The molecule has 0 saturated heterocycles. The Hall–Kier alpha value is -2.81. The van der Waals surface area contributed by atoms with Crippen LogP contribution in [0.4, 0.5) is 11.4 Å². The highest BCUT2D eigenvalue weighted by atomic mass is 32.2. The minimum atomic E-state index is -2.15. The van der Waals surface area contributed by atoms with Gasteiger partial charge < -0.3 is 4.18 Å². The van der Waals surface area contributed by atoms with Crippen molar-refractivity contribution in [2.75, 3.05) is 0 Å². The highest BCUT2D eigenvalue weighted by Gasteiger charge is 2.24. The first kappa shape index (κ1) is 14.6. The normalized spacial score (nSPS) is 11.6. The van der Waals surface area contributed by atoms with Gasteiger partial charge in [0, 0.05) is 6.07 Å². The van der Waals surface area contributed by atoms with Gasteiger partial charge in [0.05, 0.1) is 15.9 Å². The standard InChI is InChI=1S/C12H8N2O6S/c15-13(16)9-6-7-12(11(8-9)14(17)18)21(19)20-10-4-2-1-3-5-10/h1-8H. The average Bonchev–Trinajstić information content (AvgIpc) is 2.47. The van der Waals surface area contributed by atoms with Gasteiger partial charge in [0.1, 0.15) is 5.75 Å². The summed E-state index contributed by atoms with van der Waals surface area (Å²) in [6.45, 7) is 0. The molecule has 0 radical (unpaired) electrons. The lowest BCUT2D eigenvalue weighted by Crippen LogP contribution is -2.05. The molecule has 1 unspecified atom stereocenters. The Balaban J connectivity index is 2.36. The van der Waals surface area contributed by atoms with E-state index in [0.717, 1.165) is 18.2 Å². The summed E-state index contributed by atoms with van der Waals surface area (Å²) in [6.07, 6.45) is 0. The van der Waals surface area contributed by atoms with Crippen LogP contribution in [0.25, 0.3) is 0 Å². The van der Waals surface area contributed by atoms with Crippen LogP contribution < -0.4 is 4.18 Å². The Morgan fingerprint density at radius 3 is 2.19 bits per heavy atom. The second-order valence-electron chi connectivity index (χ2n) is 3.80. The largest absolute Gasteiger partial charge is 0.397 e. The van der Waals surface area contributed by atoms with Gasteiger partial charge in [-0.05, 0) is 18.2 Å². The van der Waals surface area contributed by atoms with Crippen molar-refractivity contribution in [3.8, 4) is 5.75 Å². The van der Waals surface area contributed by atoms with Crippen molar-refractivity contribution in [3.63, 3.8) is 0 Å². The second kappa shape index (κ2) is 6.09. The molecule has 0 aliphatic rings. The van der Waals surface area contributed by atoms with Crippen LogP contribution in [-0.4, -0.2) is 14.1 Å². The van der Waals surface area contributed by atoms with E-state index < -0.39 is 32.3 Å². The van der Waals surface area contributed by atoms with Crippen LogP contribution in [0, 0.1) is 20.2 Å². The smallest absolute Gasteiger partial charge is 0.295 e. The van der Waals surface area contributed by atoms with E-state index in [1.54, 1.807) is 18.2 Å². The zero-order valence-corrected chi connectivity index (χ0v) is 11.2.